The third kappa shape index (κ3) is 2.97. The topological polar surface area (TPSA) is 44.4 Å². The van der Waals surface area contributed by atoms with Gasteiger partial charge in [-0.1, -0.05) is 12.1 Å². The van der Waals surface area contributed by atoms with Gasteiger partial charge in [0, 0.05) is 39.3 Å². The van der Waals surface area contributed by atoms with Crippen LogP contribution in [-0.4, -0.2) is 33.1 Å². The fraction of sp³-hybridized carbons (Fsp3) is 0.462. The van der Waals surface area contributed by atoms with Crippen LogP contribution in [0.2, 0.25) is 0 Å². The molecular weight excluding hydrogens is 214 g/mol. The van der Waals surface area contributed by atoms with Crippen molar-refractivity contribution in [2.24, 2.45) is 0 Å². The highest BCUT2D eigenvalue weighted by Crippen LogP contribution is 2.18. The smallest absolute Gasteiger partial charge is 0.221 e. The molecule has 1 aliphatic rings. The molecule has 4 nitrogen and oxygen atoms in total. The van der Waals surface area contributed by atoms with E-state index in [1.807, 2.05) is 14.1 Å². The van der Waals surface area contributed by atoms with Crippen LogP contribution >= 0.6 is 0 Å². The molecule has 1 amide bonds. The molecule has 0 aliphatic carbocycles. The second-order valence-corrected chi connectivity index (χ2v) is 4.56. The highest BCUT2D eigenvalue weighted by molar-refractivity contribution is 5.77. The molecule has 2 N–H and O–H groups in total. The first kappa shape index (κ1) is 11.9. The number of amides is 1. The SMILES string of the molecule is CN(C)c1ccc(C2CNCCC(=O)N2)cc1. The Morgan fingerprint density at radius 3 is 2.59 bits per heavy atom. The van der Waals surface area contributed by atoms with Crippen LogP contribution in [0.4, 0.5) is 5.69 Å². The van der Waals surface area contributed by atoms with Crippen LogP contribution in [0.5, 0.6) is 0 Å². The van der Waals surface area contributed by atoms with Gasteiger partial charge in [0.25, 0.3) is 0 Å². The predicted molar refractivity (Wildman–Crippen MR) is 69.1 cm³/mol. The van der Waals surface area contributed by atoms with E-state index >= 15 is 0 Å². The number of carbonyl (C=O) groups is 1. The van der Waals surface area contributed by atoms with E-state index in [0.29, 0.717) is 6.42 Å². The average molecular weight is 233 g/mol. The maximum atomic E-state index is 11.5. The van der Waals surface area contributed by atoms with E-state index in [1.54, 1.807) is 0 Å². The number of carbonyl (C=O) groups excluding carboxylic acids is 1. The number of hydrogen-bond acceptors (Lipinski definition) is 3. The minimum Gasteiger partial charge on any atom is -0.378 e. The zero-order valence-electron chi connectivity index (χ0n) is 10.4. The zero-order valence-corrected chi connectivity index (χ0v) is 10.4. The fourth-order valence-corrected chi connectivity index (χ4v) is 1.97. The van der Waals surface area contributed by atoms with Crippen LogP contribution in [0.15, 0.2) is 24.3 Å². The number of anilines is 1. The minimum absolute atomic E-state index is 0.0845. The number of hydrogen-bond donors (Lipinski definition) is 2. The first-order valence-electron chi connectivity index (χ1n) is 5.94. The summed E-state index contributed by atoms with van der Waals surface area (Å²) in [4.78, 5) is 13.5. The summed E-state index contributed by atoms with van der Waals surface area (Å²) in [5.74, 6) is 0.122. The van der Waals surface area contributed by atoms with Gasteiger partial charge in [0.15, 0.2) is 0 Å². The molecule has 0 radical (unpaired) electrons. The lowest BCUT2D eigenvalue weighted by Gasteiger charge is -2.18. The maximum Gasteiger partial charge on any atom is 0.221 e. The van der Waals surface area contributed by atoms with Crippen LogP contribution in [0.25, 0.3) is 0 Å². The Bertz CT molecular complexity index is 386. The molecule has 0 aromatic heterocycles. The van der Waals surface area contributed by atoms with Gasteiger partial charge in [-0.3, -0.25) is 4.79 Å². The summed E-state index contributed by atoms with van der Waals surface area (Å²) in [5.41, 5.74) is 2.32. The minimum atomic E-state index is 0.0845. The lowest BCUT2D eigenvalue weighted by molar-refractivity contribution is -0.121. The third-order valence-corrected chi connectivity index (χ3v) is 3.02. The number of nitrogens with zero attached hydrogens (tertiary/aromatic N) is 1. The quantitative estimate of drug-likeness (QED) is 0.798. The number of nitrogens with one attached hydrogen (secondary N) is 2. The highest BCUT2D eigenvalue weighted by atomic mass is 16.1. The average Bonchev–Trinajstić information content (AvgIpc) is 2.54. The summed E-state index contributed by atoms with van der Waals surface area (Å²) in [6, 6.07) is 8.39. The molecule has 1 fully saturated rings. The van der Waals surface area contributed by atoms with E-state index < -0.39 is 0 Å². The first-order valence-corrected chi connectivity index (χ1v) is 5.94. The summed E-state index contributed by atoms with van der Waals surface area (Å²) in [7, 11) is 4.04. The lowest BCUT2D eigenvalue weighted by Crippen LogP contribution is -2.30. The Morgan fingerprint density at radius 1 is 1.24 bits per heavy atom. The molecule has 0 saturated carbocycles. The zero-order chi connectivity index (χ0) is 12.3. The molecule has 0 spiro atoms. The van der Waals surface area contributed by atoms with Crippen molar-refractivity contribution < 1.29 is 4.79 Å². The van der Waals surface area contributed by atoms with Gasteiger partial charge in [0.1, 0.15) is 0 Å². The molecule has 1 unspecified atom stereocenters. The molecule has 17 heavy (non-hydrogen) atoms. The van der Waals surface area contributed by atoms with Gasteiger partial charge in [0.2, 0.25) is 5.91 Å². The molecule has 1 aromatic carbocycles. The third-order valence-electron chi connectivity index (χ3n) is 3.02. The summed E-state index contributed by atoms with van der Waals surface area (Å²) >= 11 is 0. The van der Waals surface area contributed by atoms with Crippen LogP contribution in [0.1, 0.15) is 18.0 Å². The van der Waals surface area contributed by atoms with Gasteiger partial charge in [-0.25, -0.2) is 0 Å². The van der Waals surface area contributed by atoms with Crippen LogP contribution in [-0.2, 0) is 4.79 Å². The molecule has 1 atom stereocenters. The molecule has 92 valence electrons. The maximum absolute atomic E-state index is 11.5. The lowest BCUT2D eigenvalue weighted by atomic mass is 10.1. The monoisotopic (exact) mass is 233 g/mol. The van der Waals surface area contributed by atoms with E-state index in [2.05, 4.69) is 39.8 Å². The standard InChI is InChI=1S/C13H19N3O/c1-16(2)11-5-3-10(4-6-11)12-9-14-8-7-13(17)15-12/h3-6,12,14H,7-9H2,1-2H3,(H,15,17). The van der Waals surface area contributed by atoms with Crippen LogP contribution in [0, 0.1) is 0 Å². The fourth-order valence-electron chi connectivity index (χ4n) is 1.97. The van der Waals surface area contributed by atoms with Crippen molar-refractivity contribution in [2.45, 2.75) is 12.5 Å². The van der Waals surface area contributed by atoms with E-state index in [0.717, 1.165) is 18.7 Å². The van der Waals surface area contributed by atoms with Gasteiger partial charge in [-0.2, -0.15) is 0 Å². The largest absolute Gasteiger partial charge is 0.378 e. The van der Waals surface area contributed by atoms with Crippen molar-refractivity contribution in [3.05, 3.63) is 29.8 Å². The normalized spacial score (nSPS) is 20.6. The molecule has 1 saturated heterocycles. The van der Waals surface area contributed by atoms with Crippen molar-refractivity contribution in [1.29, 1.82) is 0 Å². The Labute approximate surface area is 102 Å². The Morgan fingerprint density at radius 2 is 1.94 bits per heavy atom. The van der Waals surface area contributed by atoms with Crippen molar-refractivity contribution in [1.82, 2.24) is 10.6 Å². The van der Waals surface area contributed by atoms with Crippen molar-refractivity contribution in [3.63, 3.8) is 0 Å². The molecule has 4 heteroatoms. The second kappa shape index (κ2) is 5.19. The van der Waals surface area contributed by atoms with Gasteiger partial charge in [-0.15, -0.1) is 0 Å². The molecule has 1 aliphatic heterocycles. The van der Waals surface area contributed by atoms with Gasteiger partial charge in [-0.05, 0) is 17.7 Å². The Hall–Kier alpha value is -1.55. The summed E-state index contributed by atoms with van der Waals surface area (Å²) in [6.07, 6.45) is 0.562. The predicted octanol–water partition coefficient (Wildman–Crippen LogP) is 0.903. The van der Waals surface area contributed by atoms with Crippen molar-refractivity contribution in [3.8, 4) is 0 Å². The molecule has 0 bridgehead atoms. The van der Waals surface area contributed by atoms with Gasteiger partial charge < -0.3 is 15.5 Å². The Kier molecular flexibility index (Phi) is 3.64. The van der Waals surface area contributed by atoms with Crippen molar-refractivity contribution in [2.75, 3.05) is 32.1 Å². The molecule has 1 heterocycles. The Balaban J connectivity index is 2.12. The molecule has 2 rings (SSSR count). The van der Waals surface area contributed by atoms with Crippen LogP contribution < -0.4 is 15.5 Å². The van der Waals surface area contributed by atoms with Crippen molar-refractivity contribution >= 4 is 11.6 Å². The van der Waals surface area contributed by atoms with Gasteiger partial charge >= 0.3 is 0 Å². The summed E-state index contributed by atoms with van der Waals surface area (Å²) in [6.45, 7) is 1.56. The first-order chi connectivity index (χ1) is 8.16. The van der Waals surface area contributed by atoms with E-state index in [-0.39, 0.29) is 11.9 Å². The van der Waals surface area contributed by atoms with Crippen LogP contribution in [0.3, 0.4) is 0 Å². The summed E-state index contributed by atoms with van der Waals surface area (Å²) in [5, 5.41) is 6.30. The molecule has 1 aromatic rings. The molecular formula is C13H19N3O. The van der Waals surface area contributed by atoms with Gasteiger partial charge in [0.05, 0.1) is 6.04 Å². The van der Waals surface area contributed by atoms with E-state index in [1.165, 1.54) is 5.69 Å². The number of rotatable bonds is 2. The highest BCUT2D eigenvalue weighted by Gasteiger charge is 2.17. The van der Waals surface area contributed by atoms with E-state index in [9.17, 15) is 4.79 Å². The second-order valence-electron chi connectivity index (χ2n) is 4.56. The van der Waals surface area contributed by atoms with E-state index in [4.69, 9.17) is 0 Å². The summed E-state index contributed by atoms with van der Waals surface area (Å²) < 4.78 is 0. The number of benzene rings is 1.